The molecule has 124 valence electrons. The van der Waals surface area contributed by atoms with E-state index in [2.05, 4.69) is 10.3 Å². The van der Waals surface area contributed by atoms with E-state index < -0.39 is 5.97 Å². The van der Waals surface area contributed by atoms with Crippen molar-refractivity contribution in [1.82, 2.24) is 10.3 Å². The van der Waals surface area contributed by atoms with Crippen LogP contribution in [0.2, 0.25) is 0 Å². The van der Waals surface area contributed by atoms with Crippen LogP contribution in [0.3, 0.4) is 0 Å². The predicted molar refractivity (Wildman–Crippen MR) is 87.6 cm³/mol. The number of imide groups is 1. The highest BCUT2D eigenvalue weighted by molar-refractivity contribution is 6.01. The van der Waals surface area contributed by atoms with E-state index in [1.165, 1.54) is 0 Å². The molecule has 0 aliphatic carbocycles. The number of carbonyl (C=O) groups is 3. The summed E-state index contributed by atoms with van der Waals surface area (Å²) >= 11 is 0. The van der Waals surface area contributed by atoms with E-state index in [0.717, 1.165) is 27.7 Å². The van der Waals surface area contributed by atoms with Crippen molar-refractivity contribution < 1.29 is 19.5 Å². The highest BCUT2D eigenvalue weighted by Gasteiger charge is 2.29. The topological polar surface area (TPSA) is 96.4 Å². The molecule has 1 aliphatic heterocycles. The van der Waals surface area contributed by atoms with Gasteiger partial charge < -0.3 is 5.11 Å². The number of aromatic nitrogens is 1. The average molecular weight is 326 g/mol. The molecule has 1 atom stereocenters. The molecule has 0 saturated carbocycles. The molecule has 6 nitrogen and oxygen atoms in total. The van der Waals surface area contributed by atoms with Crippen LogP contribution < -0.4 is 5.32 Å². The van der Waals surface area contributed by atoms with Gasteiger partial charge in [-0.15, -0.1) is 0 Å². The molecule has 1 aromatic heterocycles. The average Bonchev–Trinajstić information content (AvgIpc) is 2.52. The number of nitrogens with one attached hydrogen (secondary N) is 1. The lowest BCUT2D eigenvalue weighted by Gasteiger charge is -2.22. The monoisotopic (exact) mass is 326 g/mol. The van der Waals surface area contributed by atoms with Crippen molar-refractivity contribution in [2.24, 2.45) is 0 Å². The summed E-state index contributed by atoms with van der Waals surface area (Å²) < 4.78 is 0. The third-order valence-electron chi connectivity index (χ3n) is 4.35. The number of carboxylic acid groups (broad SMARTS) is 1. The number of hydrogen-bond donors (Lipinski definition) is 2. The Kier molecular flexibility index (Phi) is 4.29. The zero-order chi connectivity index (χ0) is 17.3. The van der Waals surface area contributed by atoms with Gasteiger partial charge in [-0.2, -0.15) is 0 Å². The van der Waals surface area contributed by atoms with E-state index >= 15 is 0 Å². The molecular weight excluding hydrogens is 308 g/mol. The Labute approximate surface area is 138 Å². The van der Waals surface area contributed by atoms with Gasteiger partial charge in [-0.3, -0.25) is 24.7 Å². The maximum Gasteiger partial charge on any atom is 0.303 e. The van der Waals surface area contributed by atoms with E-state index in [4.69, 9.17) is 5.11 Å². The molecule has 0 radical (unpaired) electrons. The van der Waals surface area contributed by atoms with Gasteiger partial charge in [-0.1, -0.05) is 12.1 Å². The van der Waals surface area contributed by atoms with Crippen molar-refractivity contribution in [2.45, 2.75) is 38.5 Å². The van der Waals surface area contributed by atoms with Crippen LogP contribution in [0, 0.1) is 6.92 Å². The van der Waals surface area contributed by atoms with Crippen molar-refractivity contribution >= 4 is 28.7 Å². The first-order chi connectivity index (χ1) is 11.4. The number of fused-ring (bicyclic) bond motifs is 1. The van der Waals surface area contributed by atoms with Crippen LogP contribution in [0.4, 0.5) is 0 Å². The fraction of sp³-hybridized carbons (Fsp3) is 0.333. The second-order valence-electron chi connectivity index (χ2n) is 6.09. The largest absolute Gasteiger partial charge is 0.481 e. The van der Waals surface area contributed by atoms with Crippen LogP contribution in [0.25, 0.3) is 10.9 Å². The van der Waals surface area contributed by atoms with Gasteiger partial charge in [0.25, 0.3) is 0 Å². The lowest BCUT2D eigenvalue weighted by atomic mass is 9.88. The number of aliphatic carboxylic acids is 1. The number of nitrogens with zero attached hydrogens (tertiary/aromatic N) is 1. The molecule has 1 unspecified atom stereocenters. The number of pyridine rings is 1. The highest BCUT2D eigenvalue weighted by Crippen LogP contribution is 2.29. The zero-order valence-electron chi connectivity index (χ0n) is 13.3. The van der Waals surface area contributed by atoms with Crippen LogP contribution in [0.15, 0.2) is 24.3 Å². The summed E-state index contributed by atoms with van der Waals surface area (Å²) in [4.78, 5) is 38.7. The molecule has 0 bridgehead atoms. The number of piperidine rings is 1. The molecule has 3 rings (SSSR count). The normalized spacial score (nSPS) is 17.8. The maximum absolute atomic E-state index is 12.1. The van der Waals surface area contributed by atoms with Gasteiger partial charge >= 0.3 is 5.97 Å². The van der Waals surface area contributed by atoms with Crippen molar-refractivity contribution in [3.05, 3.63) is 41.1 Å². The minimum atomic E-state index is -0.826. The van der Waals surface area contributed by atoms with Gasteiger partial charge in [0.15, 0.2) is 0 Å². The molecule has 1 saturated heterocycles. The first kappa shape index (κ1) is 16.1. The van der Waals surface area contributed by atoms with Crippen molar-refractivity contribution in [3.63, 3.8) is 0 Å². The fourth-order valence-corrected chi connectivity index (χ4v) is 3.08. The summed E-state index contributed by atoms with van der Waals surface area (Å²) in [7, 11) is 0. The summed E-state index contributed by atoms with van der Waals surface area (Å²) in [5.41, 5.74) is 3.30. The molecule has 2 heterocycles. The standard InChI is InChI=1S/C18H18N2O4/c1-10-14(13-5-6-16(21)20-18(13)24)9-12-4-2-11(3-7-17(22)23)8-15(12)19-10/h2,4,8-9,13H,3,5-7H2,1H3,(H,22,23)(H,20,21,24). The van der Waals surface area contributed by atoms with E-state index in [0.29, 0.717) is 19.3 Å². The third-order valence-corrected chi connectivity index (χ3v) is 4.35. The van der Waals surface area contributed by atoms with E-state index in [-0.39, 0.29) is 24.2 Å². The van der Waals surface area contributed by atoms with Crippen LogP contribution in [0.1, 0.15) is 42.0 Å². The Morgan fingerprint density at radius 1 is 1.33 bits per heavy atom. The molecule has 1 aliphatic rings. The number of amides is 2. The van der Waals surface area contributed by atoms with E-state index in [1.54, 1.807) is 0 Å². The number of rotatable bonds is 4. The van der Waals surface area contributed by atoms with Gasteiger partial charge in [0.1, 0.15) is 0 Å². The summed E-state index contributed by atoms with van der Waals surface area (Å²) in [5, 5.41) is 12.1. The van der Waals surface area contributed by atoms with Crippen LogP contribution >= 0.6 is 0 Å². The van der Waals surface area contributed by atoms with Crippen LogP contribution in [0.5, 0.6) is 0 Å². The number of hydrogen-bond acceptors (Lipinski definition) is 4. The molecule has 24 heavy (non-hydrogen) atoms. The van der Waals surface area contributed by atoms with Gasteiger partial charge in [-0.05, 0) is 43.0 Å². The van der Waals surface area contributed by atoms with Crippen molar-refractivity contribution in [1.29, 1.82) is 0 Å². The van der Waals surface area contributed by atoms with Crippen LogP contribution in [-0.2, 0) is 20.8 Å². The van der Waals surface area contributed by atoms with Crippen molar-refractivity contribution in [2.75, 3.05) is 0 Å². The van der Waals surface area contributed by atoms with Gasteiger partial charge in [-0.25, -0.2) is 0 Å². The summed E-state index contributed by atoms with van der Waals surface area (Å²) in [6.07, 6.45) is 1.37. The number of benzene rings is 1. The number of carbonyl (C=O) groups excluding carboxylic acids is 2. The number of carboxylic acids is 1. The van der Waals surface area contributed by atoms with E-state index in [1.807, 2.05) is 31.2 Å². The van der Waals surface area contributed by atoms with E-state index in [9.17, 15) is 14.4 Å². The van der Waals surface area contributed by atoms with Crippen molar-refractivity contribution in [3.8, 4) is 0 Å². The molecular formula is C18H18N2O4. The molecule has 2 N–H and O–H groups in total. The lowest BCUT2D eigenvalue weighted by Crippen LogP contribution is -2.39. The zero-order valence-corrected chi connectivity index (χ0v) is 13.3. The number of aryl methyl sites for hydroxylation is 2. The lowest BCUT2D eigenvalue weighted by molar-refractivity contribution is -0.137. The Morgan fingerprint density at radius 2 is 2.12 bits per heavy atom. The minimum absolute atomic E-state index is 0.0822. The van der Waals surface area contributed by atoms with Crippen LogP contribution in [-0.4, -0.2) is 27.9 Å². The molecule has 0 spiro atoms. The summed E-state index contributed by atoms with van der Waals surface area (Å²) in [6.45, 7) is 1.85. The molecule has 1 aromatic carbocycles. The molecule has 2 aromatic rings. The van der Waals surface area contributed by atoms with Gasteiger partial charge in [0.05, 0.1) is 11.4 Å². The second kappa shape index (κ2) is 6.39. The molecule has 1 fully saturated rings. The maximum atomic E-state index is 12.1. The Hall–Kier alpha value is -2.76. The first-order valence-corrected chi connectivity index (χ1v) is 7.89. The minimum Gasteiger partial charge on any atom is -0.481 e. The molecule has 6 heteroatoms. The SMILES string of the molecule is Cc1nc2cc(CCC(=O)O)ccc2cc1C1CCC(=O)NC1=O. The molecule has 2 amide bonds. The quantitative estimate of drug-likeness (QED) is 0.839. The Bertz CT molecular complexity index is 844. The smallest absolute Gasteiger partial charge is 0.303 e. The third kappa shape index (κ3) is 3.27. The fourth-order valence-electron chi connectivity index (χ4n) is 3.08. The Balaban J connectivity index is 1.93. The first-order valence-electron chi connectivity index (χ1n) is 7.89. The highest BCUT2D eigenvalue weighted by atomic mass is 16.4. The predicted octanol–water partition coefficient (Wildman–Crippen LogP) is 2.08. The van der Waals surface area contributed by atoms with Gasteiger partial charge in [0.2, 0.25) is 11.8 Å². The second-order valence-corrected chi connectivity index (χ2v) is 6.09. The summed E-state index contributed by atoms with van der Waals surface area (Å²) in [6, 6.07) is 7.61. The Morgan fingerprint density at radius 3 is 2.83 bits per heavy atom. The summed E-state index contributed by atoms with van der Waals surface area (Å²) in [5.74, 6) is -1.68. The van der Waals surface area contributed by atoms with Gasteiger partial charge in [0, 0.05) is 23.9 Å².